The lowest BCUT2D eigenvalue weighted by Crippen LogP contribution is -2.16. The molecule has 0 aliphatic heterocycles. The van der Waals surface area contributed by atoms with Gasteiger partial charge in [0, 0.05) is 18.4 Å². The second-order valence-corrected chi connectivity index (χ2v) is 7.82. The molecule has 0 fully saturated rings. The van der Waals surface area contributed by atoms with E-state index < -0.39 is 0 Å². The number of hydrogen-bond donors (Lipinski definition) is 2. The van der Waals surface area contributed by atoms with Crippen molar-refractivity contribution >= 4 is 17.5 Å². The highest BCUT2D eigenvalue weighted by atomic mass is 19.1. The van der Waals surface area contributed by atoms with E-state index in [-0.39, 0.29) is 22.8 Å². The number of aromatic nitrogens is 2. The SMILES string of the molecule is CC(C)(C)c1ccc(NC(=O)c2ccnc(NCCc3ccccc3F)n2)cc1. The third-order valence-electron chi connectivity index (χ3n) is 4.53. The Kier molecular flexibility index (Phi) is 6.22. The standard InChI is InChI=1S/C23H25FN4O/c1-23(2,3)17-8-10-18(11-9-17)27-21(29)20-13-15-26-22(28-20)25-14-12-16-6-4-5-7-19(16)24/h4-11,13,15H,12,14H2,1-3H3,(H,27,29)(H,25,26,28). The van der Waals surface area contributed by atoms with Gasteiger partial charge in [0.05, 0.1) is 0 Å². The Morgan fingerprint density at radius 1 is 1.03 bits per heavy atom. The smallest absolute Gasteiger partial charge is 0.274 e. The number of hydrogen-bond acceptors (Lipinski definition) is 4. The Hall–Kier alpha value is -3.28. The van der Waals surface area contributed by atoms with Crippen molar-refractivity contribution in [2.45, 2.75) is 32.6 Å². The van der Waals surface area contributed by atoms with Crippen LogP contribution in [0.25, 0.3) is 0 Å². The molecule has 0 radical (unpaired) electrons. The molecule has 0 saturated carbocycles. The largest absolute Gasteiger partial charge is 0.354 e. The number of halogens is 1. The third kappa shape index (κ3) is 5.60. The minimum atomic E-state index is -0.312. The number of nitrogens with one attached hydrogen (secondary N) is 2. The van der Waals surface area contributed by atoms with Gasteiger partial charge in [-0.2, -0.15) is 0 Å². The van der Waals surface area contributed by atoms with Crippen LogP contribution < -0.4 is 10.6 Å². The lowest BCUT2D eigenvalue weighted by atomic mass is 9.87. The van der Waals surface area contributed by atoms with Gasteiger partial charge in [0.2, 0.25) is 5.95 Å². The maximum atomic E-state index is 13.7. The predicted molar refractivity (Wildman–Crippen MR) is 114 cm³/mol. The molecule has 6 heteroatoms. The second-order valence-electron chi connectivity index (χ2n) is 7.82. The van der Waals surface area contributed by atoms with Gasteiger partial charge in [-0.25, -0.2) is 14.4 Å². The van der Waals surface area contributed by atoms with Gasteiger partial charge in [0.1, 0.15) is 11.5 Å². The molecular formula is C23H25FN4O. The summed E-state index contributed by atoms with van der Waals surface area (Å²) in [5, 5.41) is 5.88. The molecule has 0 unspecified atom stereocenters. The summed E-state index contributed by atoms with van der Waals surface area (Å²) in [6, 6.07) is 16.0. The van der Waals surface area contributed by atoms with Gasteiger partial charge in [0.25, 0.3) is 5.91 Å². The maximum Gasteiger partial charge on any atom is 0.274 e. The number of rotatable bonds is 6. The first kappa shape index (κ1) is 20.5. The number of amides is 1. The van der Waals surface area contributed by atoms with Crippen LogP contribution in [0.5, 0.6) is 0 Å². The van der Waals surface area contributed by atoms with Crippen molar-refractivity contribution in [3.63, 3.8) is 0 Å². The summed E-state index contributed by atoms with van der Waals surface area (Å²) in [5.74, 6) is -0.217. The number of anilines is 2. The molecule has 0 aliphatic carbocycles. The normalized spacial score (nSPS) is 11.2. The summed E-state index contributed by atoms with van der Waals surface area (Å²) >= 11 is 0. The van der Waals surface area contributed by atoms with E-state index >= 15 is 0 Å². The lowest BCUT2D eigenvalue weighted by Gasteiger charge is -2.19. The van der Waals surface area contributed by atoms with Crippen LogP contribution in [0.1, 0.15) is 42.4 Å². The van der Waals surface area contributed by atoms with Crippen LogP contribution in [0, 0.1) is 5.82 Å². The molecule has 1 aromatic heterocycles. The van der Waals surface area contributed by atoms with E-state index in [1.54, 1.807) is 24.3 Å². The monoisotopic (exact) mass is 392 g/mol. The zero-order chi connectivity index (χ0) is 20.9. The van der Waals surface area contributed by atoms with Gasteiger partial charge in [0.15, 0.2) is 0 Å². The first-order chi connectivity index (χ1) is 13.8. The summed E-state index contributed by atoms with van der Waals surface area (Å²) in [6.07, 6.45) is 2.02. The second kappa shape index (κ2) is 8.82. The summed E-state index contributed by atoms with van der Waals surface area (Å²) < 4.78 is 13.7. The van der Waals surface area contributed by atoms with E-state index in [0.717, 1.165) is 0 Å². The zero-order valence-electron chi connectivity index (χ0n) is 16.9. The van der Waals surface area contributed by atoms with Crippen LogP contribution in [-0.4, -0.2) is 22.4 Å². The van der Waals surface area contributed by atoms with Gasteiger partial charge >= 0.3 is 0 Å². The predicted octanol–water partition coefficient (Wildman–Crippen LogP) is 4.82. The van der Waals surface area contributed by atoms with Gasteiger partial charge in [-0.1, -0.05) is 51.1 Å². The van der Waals surface area contributed by atoms with Gasteiger partial charge < -0.3 is 10.6 Å². The summed E-state index contributed by atoms with van der Waals surface area (Å²) in [4.78, 5) is 20.9. The molecule has 0 atom stereocenters. The van der Waals surface area contributed by atoms with Crippen molar-refractivity contribution in [1.29, 1.82) is 0 Å². The summed E-state index contributed by atoms with van der Waals surface area (Å²) in [6.45, 7) is 6.88. The molecule has 2 N–H and O–H groups in total. The molecular weight excluding hydrogens is 367 g/mol. The van der Waals surface area contributed by atoms with Crippen LogP contribution in [0.2, 0.25) is 0 Å². The maximum absolute atomic E-state index is 13.7. The fourth-order valence-corrected chi connectivity index (χ4v) is 2.83. The van der Waals surface area contributed by atoms with E-state index in [2.05, 4.69) is 41.4 Å². The minimum absolute atomic E-state index is 0.0540. The highest BCUT2D eigenvalue weighted by Crippen LogP contribution is 2.23. The van der Waals surface area contributed by atoms with E-state index in [1.807, 2.05) is 24.3 Å². The Morgan fingerprint density at radius 3 is 2.45 bits per heavy atom. The quantitative estimate of drug-likeness (QED) is 0.631. The molecule has 2 aromatic carbocycles. The Labute approximate surface area is 170 Å². The Bertz CT molecular complexity index is 981. The fourth-order valence-electron chi connectivity index (χ4n) is 2.83. The number of carbonyl (C=O) groups is 1. The Balaban J connectivity index is 1.59. The number of benzene rings is 2. The van der Waals surface area contributed by atoms with E-state index in [4.69, 9.17) is 0 Å². The average molecular weight is 392 g/mol. The van der Waals surface area contributed by atoms with E-state index in [9.17, 15) is 9.18 Å². The van der Waals surface area contributed by atoms with Crippen LogP contribution in [-0.2, 0) is 11.8 Å². The van der Waals surface area contributed by atoms with Crippen LogP contribution >= 0.6 is 0 Å². The molecule has 5 nitrogen and oxygen atoms in total. The van der Waals surface area contributed by atoms with Gasteiger partial charge in [-0.15, -0.1) is 0 Å². The van der Waals surface area contributed by atoms with Crippen LogP contribution in [0.4, 0.5) is 16.0 Å². The van der Waals surface area contributed by atoms with Crippen molar-refractivity contribution in [2.24, 2.45) is 0 Å². The molecule has 3 aromatic rings. The third-order valence-corrected chi connectivity index (χ3v) is 4.53. The summed E-state index contributed by atoms with van der Waals surface area (Å²) in [7, 11) is 0. The first-order valence-electron chi connectivity index (χ1n) is 9.55. The van der Waals surface area contributed by atoms with E-state index in [1.165, 1.54) is 17.8 Å². The van der Waals surface area contributed by atoms with Gasteiger partial charge in [-0.05, 0) is 47.2 Å². The highest BCUT2D eigenvalue weighted by Gasteiger charge is 2.14. The molecule has 29 heavy (non-hydrogen) atoms. The van der Waals surface area contributed by atoms with Crippen LogP contribution in [0.15, 0.2) is 60.8 Å². The molecule has 0 spiro atoms. The fraction of sp³-hybridized carbons (Fsp3) is 0.261. The van der Waals surface area contributed by atoms with E-state index in [0.29, 0.717) is 30.2 Å². The molecule has 0 saturated heterocycles. The summed E-state index contributed by atoms with van der Waals surface area (Å²) in [5.41, 5.74) is 2.83. The topological polar surface area (TPSA) is 66.9 Å². The number of carbonyl (C=O) groups excluding carboxylic acids is 1. The van der Waals surface area contributed by atoms with Crippen molar-refractivity contribution in [3.8, 4) is 0 Å². The molecule has 0 aliphatic rings. The van der Waals surface area contributed by atoms with Gasteiger partial charge in [-0.3, -0.25) is 4.79 Å². The van der Waals surface area contributed by atoms with Crippen molar-refractivity contribution < 1.29 is 9.18 Å². The molecule has 0 bridgehead atoms. The van der Waals surface area contributed by atoms with Crippen LogP contribution in [0.3, 0.4) is 0 Å². The lowest BCUT2D eigenvalue weighted by molar-refractivity contribution is 0.102. The zero-order valence-corrected chi connectivity index (χ0v) is 16.9. The molecule has 150 valence electrons. The Morgan fingerprint density at radius 2 is 1.76 bits per heavy atom. The molecule has 1 heterocycles. The average Bonchev–Trinajstić information content (AvgIpc) is 2.69. The molecule has 1 amide bonds. The first-order valence-corrected chi connectivity index (χ1v) is 9.55. The van der Waals surface area contributed by atoms with Crippen molar-refractivity contribution in [2.75, 3.05) is 17.2 Å². The van der Waals surface area contributed by atoms with Crippen molar-refractivity contribution in [1.82, 2.24) is 9.97 Å². The highest BCUT2D eigenvalue weighted by molar-refractivity contribution is 6.02. The molecule has 3 rings (SSSR count). The minimum Gasteiger partial charge on any atom is -0.354 e. The number of nitrogens with zero attached hydrogens (tertiary/aromatic N) is 2. The van der Waals surface area contributed by atoms with Crippen molar-refractivity contribution in [3.05, 3.63) is 83.4 Å².